The number of carbonyl (C=O) groups excluding carboxylic acids is 2. The van der Waals surface area contributed by atoms with Crippen molar-refractivity contribution in [3.05, 3.63) is 53.5 Å². The molecule has 2 amide bonds. The summed E-state index contributed by atoms with van der Waals surface area (Å²) in [6.45, 7) is 0. The zero-order chi connectivity index (χ0) is 17.4. The van der Waals surface area contributed by atoms with Crippen LogP contribution >= 0.6 is 12.2 Å². The summed E-state index contributed by atoms with van der Waals surface area (Å²) in [5, 5.41) is 0.141. The van der Waals surface area contributed by atoms with E-state index in [2.05, 4.69) is 0 Å². The lowest BCUT2D eigenvalue weighted by molar-refractivity contribution is -0.132. The van der Waals surface area contributed by atoms with Crippen molar-refractivity contribution in [2.45, 2.75) is 0 Å². The summed E-state index contributed by atoms with van der Waals surface area (Å²) in [4.78, 5) is 26.9. The highest BCUT2D eigenvalue weighted by atomic mass is 32.1. The van der Waals surface area contributed by atoms with Crippen molar-refractivity contribution in [3.63, 3.8) is 0 Å². The minimum absolute atomic E-state index is 0.0475. The zero-order valence-electron chi connectivity index (χ0n) is 12.9. The zero-order valence-corrected chi connectivity index (χ0v) is 13.8. The van der Waals surface area contributed by atoms with Crippen LogP contribution in [-0.4, -0.2) is 40.8 Å². The first kappa shape index (κ1) is 16.1. The van der Waals surface area contributed by atoms with E-state index in [1.165, 1.54) is 42.1 Å². The highest BCUT2D eigenvalue weighted by molar-refractivity contribution is 7.80. The molecule has 1 saturated heterocycles. The highest BCUT2D eigenvalue weighted by Gasteiger charge is 2.35. The first-order chi connectivity index (χ1) is 11.4. The number of halogens is 1. The topological polar surface area (TPSA) is 53.8 Å². The lowest BCUT2D eigenvalue weighted by Crippen LogP contribution is -2.52. The van der Waals surface area contributed by atoms with Gasteiger partial charge in [0.2, 0.25) is 0 Å². The van der Waals surface area contributed by atoms with Crippen molar-refractivity contribution in [1.82, 2.24) is 9.80 Å². The first-order valence-corrected chi connectivity index (χ1v) is 7.47. The molecule has 1 aromatic heterocycles. The smallest absolute Gasteiger partial charge is 0.265 e. The Morgan fingerprint density at radius 1 is 1.08 bits per heavy atom. The Balaban J connectivity index is 1.96. The molecule has 5 nitrogen and oxygen atoms in total. The predicted molar refractivity (Wildman–Crippen MR) is 90.2 cm³/mol. The Morgan fingerprint density at radius 2 is 1.75 bits per heavy atom. The number of hydrogen-bond acceptors (Lipinski definition) is 4. The van der Waals surface area contributed by atoms with Gasteiger partial charge >= 0.3 is 0 Å². The van der Waals surface area contributed by atoms with Gasteiger partial charge in [0.05, 0.1) is 0 Å². The van der Waals surface area contributed by atoms with Crippen molar-refractivity contribution in [2.75, 3.05) is 14.1 Å². The van der Waals surface area contributed by atoms with E-state index in [1.54, 1.807) is 24.3 Å². The van der Waals surface area contributed by atoms with Gasteiger partial charge in [-0.25, -0.2) is 4.39 Å². The fraction of sp³-hybridized carbons (Fsp3) is 0.118. The van der Waals surface area contributed by atoms with Crippen LogP contribution in [0.3, 0.4) is 0 Å². The van der Waals surface area contributed by atoms with Gasteiger partial charge in [-0.1, -0.05) is 12.1 Å². The standard InChI is InChI=1S/C17H13FN2O3S/c1-19-15(21)13(16(22)20(2)17(19)24)9-12-6-7-14(23-12)10-4-3-5-11(18)8-10/h3-9H,1-2H3. The Morgan fingerprint density at radius 3 is 2.38 bits per heavy atom. The summed E-state index contributed by atoms with van der Waals surface area (Å²) in [7, 11) is 3.00. The number of likely N-dealkylation sites (N-methyl/N-ethyl adjacent to an activating group) is 2. The van der Waals surface area contributed by atoms with Crippen LogP contribution in [0.1, 0.15) is 5.76 Å². The monoisotopic (exact) mass is 344 g/mol. The number of furan rings is 1. The van der Waals surface area contributed by atoms with Crippen molar-refractivity contribution in [2.24, 2.45) is 0 Å². The van der Waals surface area contributed by atoms with Crippen LogP contribution in [0.4, 0.5) is 4.39 Å². The second-order valence-electron chi connectivity index (χ2n) is 5.28. The number of nitrogens with zero attached hydrogens (tertiary/aromatic N) is 2. The Hall–Kier alpha value is -2.80. The van der Waals surface area contributed by atoms with Crippen LogP contribution < -0.4 is 0 Å². The Labute approximate surface area is 143 Å². The minimum atomic E-state index is -0.494. The van der Waals surface area contributed by atoms with Gasteiger partial charge < -0.3 is 4.42 Å². The molecule has 122 valence electrons. The average Bonchev–Trinajstić information content (AvgIpc) is 3.04. The molecule has 0 bridgehead atoms. The molecular weight excluding hydrogens is 331 g/mol. The molecule has 1 fully saturated rings. The van der Waals surface area contributed by atoms with Crippen LogP contribution in [0.5, 0.6) is 0 Å². The van der Waals surface area contributed by atoms with E-state index >= 15 is 0 Å². The van der Waals surface area contributed by atoms with Crippen molar-refractivity contribution in [3.8, 4) is 11.3 Å². The van der Waals surface area contributed by atoms with Crippen molar-refractivity contribution < 1.29 is 18.4 Å². The predicted octanol–water partition coefficient (Wildman–Crippen LogP) is 2.68. The third-order valence-electron chi connectivity index (χ3n) is 3.67. The van der Waals surface area contributed by atoms with Gasteiger partial charge in [0.25, 0.3) is 11.8 Å². The maximum Gasteiger partial charge on any atom is 0.265 e. The molecule has 2 heterocycles. The summed E-state index contributed by atoms with van der Waals surface area (Å²) < 4.78 is 18.9. The molecule has 3 rings (SSSR count). The SMILES string of the molecule is CN1C(=O)C(=Cc2ccc(-c3cccc(F)c3)o2)C(=O)N(C)C1=S. The van der Waals surface area contributed by atoms with E-state index in [9.17, 15) is 14.0 Å². The van der Waals surface area contributed by atoms with Crippen LogP contribution in [0.15, 0.2) is 46.4 Å². The molecule has 0 atom stereocenters. The largest absolute Gasteiger partial charge is 0.457 e. The van der Waals surface area contributed by atoms with Gasteiger partial charge in [-0.15, -0.1) is 0 Å². The maximum atomic E-state index is 13.3. The molecule has 0 saturated carbocycles. The molecule has 0 N–H and O–H groups in total. The van der Waals surface area contributed by atoms with Gasteiger partial charge in [-0.05, 0) is 42.6 Å². The van der Waals surface area contributed by atoms with Gasteiger partial charge in [-0.3, -0.25) is 19.4 Å². The summed E-state index contributed by atoms with van der Waals surface area (Å²) in [6.07, 6.45) is 1.36. The van der Waals surface area contributed by atoms with E-state index in [-0.39, 0.29) is 16.5 Å². The summed E-state index contributed by atoms with van der Waals surface area (Å²) in [5.74, 6) is -0.605. The summed E-state index contributed by atoms with van der Waals surface area (Å²) in [5.41, 5.74) is 0.519. The molecule has 1 aliphatic rings. The number of benzene rings is 1. The van der Waals surface area contributed by atoms with Gasteiger partial charge in [-0.2, -0.15) is 0 Å². The second-order valence-corrected chi connectivity index (χ2v) is 5.65. The second kappa shape index (κ2) is 6.01. The maximum absolute atomic E-state index is 13.3. The Bertz CT molecular complexity index is 861. The lowest BCUT2D eigenvalue weighted by Gasteiger charge is -2.31. The van der Waals surface area contributed by atoms with Gasteiger partial charge in [0.15, 0.2) is 5.11 Å². The molecule has 2 aromatic rings. The molecule has 0 aliphatic carbocycles. The van der Waals surface area contributed by atoms with Crippen LogP contribution in [0.2, 0.25) is 0 Å². The molecule has 24 heavy (non-hydrogen) atoms. The Kier molecular flexibility index (Phi) is 4.02. The van der Waals surface area contributed by atoms with Crippen LogP contribution in [0.25, 0.3) is 17.4 Å². The van der Waals surface area contributed by atoms with Crippen molar-refractivity contribution in [1.29, 1.82) is 0 Å². The number of carbonyl (C=O) groups is 2. The highest BCUT2D eigenvalue weighted by Crippen LogP contribution is 2.25. The molecule has 1 aromatic carbocycles. The summed E-state index contributed by atoms with van der Waals surface area (Å²) in [6, 6.07) is 9.22. The molecule has 0 radical (unpaired) electrons. The number of thiocarbonyl (C=S) groups is 1. The number of amides is 2. The van der Waals surface area contributed by atoms with E-state index < -0.39 is 11.8 Å². The third kappa shape index (κ3) is 2.74. The molecule has 7 heteroatoms. The molecular formula is C17H13FN2O3S. The quantitative estimate of drug-likeness (QED) is 0.477. The minimum Gasteiger partial charge on any atom is -0.457 e. The molecule has 1 aliphatic heterocycles. The number of rotatable bonds is 2. The fourth-order valence-corrected chi connectivity index (χ4v) is 2.51. The fourth-order valence-electron chi connectivity index (χ4n) is 2.34. The van der Waals surface area contributed by atoms with Gasteiger partial charge in [0, 0.05) is 19.7 Å². The van der Waals surface area contributed by atoms with Crippen molar-refractivity contribution >= 4 is 35.2 Å². The van der Waals surface area contributed by atoms with Gasteiger partial charge in [0.1, 0.15) is 22.9 Å². The van der Waals surface area contributed by atoms with Crippen LogP contribution in [-0.2, 0) is 9.59 Å². The average molecular weight is 344 g/mol. The molecule has 0 unspecified atom stereocenters. The lowest BCUT2D eigenvalue weighted by atomic mass is 10.1. The van der Waals surface area contributed by atoms with E-state index in [0.29, 0.717) is 17.1 Å². The normalized spacial score (nSPS) is 15.3. The number of hydrogen-bond donors (Lipinski definition) is 0. The first-order valence-electron chi connectivity index (χ1n) is 7.06. The molecule has 0 spiro atoms. The third-order valence-corrected chi connectivity index (χ3v) is 4.21. The van der Waals surface area contributed by atoms with Crippen LogP contribution in [0, 0.1) is 5.82 Å². The van der Waals surface area contributed by atoms with E-state index in [0.717, 1.165) is 0 Å². The van der Waals surface area contributed by atoms with E-state index in [1.807, 2.05) is 0 Å². The summed E-state index contributed by atoms with van der Waals surface area (Å²) >= 11 is 5.03. The van der Waals surface area contributed by atoms with E-state index in [4.69, 9.17) is 16.6 Å².